The Morgan fingerprint density at radius 1 is 1.02 bits per heavy atom. The highest BCUT2D eigenvalue weighted by Crippen LogP contribution is 2.37. The molecule has 6 rings (SSSR count). The van der Waals surface area contributed by atoms with E-state index < -0.39 is 17.6 Å². The maximum absolute atomic E-state index is 13.8. The molecule has 2 aliphatic rings. The molecule has 0 atom stereocenters. The number of carbonyl (C=O) groups excluding carboxylic acids is 2. The van der Waals surface area contributed by atoms with Crippen molar-refractivity contribution in [2.75, 3.05) is 33.9 Å². The molecule has 0 spiro atoms. The quantitative estimate of drug-likeness (QED) is 0.168. The van der Waals surface area contributed by atoms with E-state index in [4.69, 9.17) is 5.26 Å². The number of carbonyl (C=O) groups is 2. The van der Waals surface area contributed by atoms with Gasteiger partial charge in [-0.25, -0.2) is 0 Å². The number of piperidine rings is 1. The molecule has 4 N–H and O–H groups in total. The molecule has 0 bridgehead atoms. The first-order valence-corrected chi connectivity index (χ1v) is 14.5. The van der Waals surface area contributed by atoms with Gasteiger partial charge in [0.1, 0.15) is 6.07 Å². The van der Waals surface area contributed by atoms with Crippen LogP contribution in [0.2, 0.25) is 0 Å². The van der Waals surface area contributed by atoms with Gasteiger partial charge in [-0.05, 0) is 79.4 Å². The van der Waals surface area contributed by atoms with Crippen LogP contribution in [-0.4, -0.2) is 29.9 Å². The number of fused-ring (bicyclic) bond motifs is 1. The Morgan fingerprint density at radius 2 is 1.78 bits per heavy atom. The molecule has 45 heavy (non-hydrogen) atoms. The molecular formula is C34H29F3N6O2. The Balaban J connectivity index is 1.18. The molecule has 2 amide bonds. The lowest BCUT2D eigenvalue weighted by molar-refractivity contribution is -0.137. The number of nitrogens with zero attached hydrogens (tertiary/aromatic N) is 2. The fraction of sp³-hybridized carbons (Fsp3) is 0.206. The molecule has 8 nitrogen and oxygen atoms in total. The Hall–Kier alpha value is -5.50. The minimum Gasteiger partial charge on any atom is -0.371 e. The molecule has 1 fully saturated rings. The van der Waals surface area contributed by atoms with Crippen LogP contribution in [0.5, 0.6) is 0 Å². The maximum Gasteiger partial charge on any atom is 0.416 e. The van der Waals surface area contributed by atoms with Crippen LogP contribution in [0.1, 0.15) is 52.5 Å². The van der Waals surface area contributed by atoms with Crippen LogP contribution >= 0.6 is 0 Å². The average molecular weight is 611 g/mol. The third-order valence-electron chi connectivity index (χ3n) is 8.00. The molecule has 1 aromatic heterocycles. The zero-order chi connectivity index (χ0) is 31.7. The largest absolute Gasteiger partial charge is 0.416 e. The zero-order valence-corrected chi connectivity index (χ0v) is 24.3. The Bertz CT molecular complexity index is 1860. The summed E-state index contributed by atoms with van der Waals surface area (Å²) in [4.78, 5) is 30.7. The van der Waals surface area contributed by atoms with Gasteiger partial charge in [0.2, 0.25) is 0 Å². The molecule has 0 radical (unpaired) electrons. The van der Waals surface area contributed by atoms with Gasteiger partial charge in [-0.15, -0.1) is 0 Å². The number of rotatable bonds is 6. The van der Waals surface area contributed by atoms with Gasteiger partial charge in [0.05, 0.1) is 22.4 Å². The summed E-state index contributed by atoms with van der Waals surface area (Å²) in [5.74, 6) is -0.407. The number of aromatic nitrogens is 1. The van der Waals surface area contributed by atoms with E-state index in [0.717, 1.165) is 25.0 Å². The number of anilines is 5. The number of nitrogens with one attached hydrogen (secondary N) is 4. The van der Waals surface area contributed by atoms with Crippen LogP contribution < -0.4 is 20.9 Å². The van der Waals surface area contributed by atoms with Crippen LogP contribution in [0.3, 0.4) is 0 Å². The second kappa shape index (κ2) is 11.9. The minimum atomic E-state index is -4.59. The van der Waals surface area contributed by atoms with E-state index in [1.807, 2.05) is 11.0 Å². The number of aromatic amines is 1. The summed E-state index contributed by atoms with van der Waals surface area (Å²) < 4.78 is 41.3. The summed E-state index contributed by atoms with van der Waals surface area (Å²) in [6.07, 6.45) is 0.415. The van der Waals surface area contributed by atoms with Crippen LogP contribution in [0, 0.1) is 17.2 Å². The van der Waals surface area contributed by atoms with Crippen LogP contribution in [0.4, 0.5) is 41.6 Å². The van der Waals surface area contributed by atoms with E-state index in [1.54, 1.807) is 60.8 Å². The molecule has 228 valence electrons. The van der Waals surface area contributed by atoms with E-state index in [9.17, 15) is 22.8 Å². The summed E-state index contributed by atoms with van der Waals surface area (Å²) in [6, 6.07) is 19.4. The van der Waals surface area contributed by atoms with E-state index in [0.29, 0.717) is 69.8 Å². The Kier molecular flexibility index (Phi) is 7.81. The third kappa shape index (κ3) is 6.55. The van der Waals surface area contributed by atoms with Crippen molar-refractivity contribution < 1.29 is 22.8 Å². The number of amides is 2. The summed E-state index contributed by atoms with van der Waals surface area (Å²) in [7, 11) is 0. The molecule has 1 saturated heterocycles. The van der Waals surface area contributed by atoms with Crippen molar-refractivity contribution in [3.63, 3.8) is 0 Å². The summed E-state index contributed by atoms with van der Waals surface area (Å²) in [5.41, 5.74) is 4.02. The van der Waals surface area contributed by atoms with Gasteiger partial charge in [0, 0.05) is 58.9 Å². The highest BCUT2D eigenvalue weighted by Gasteiger charge is 2.33. The number of halogens is 3. The monoisotopic (exact) mass is 610 g/mol. The highest BCUT2D eigenvalue weighted by molar-refractivity contribution is 6.35. The minimum absolute atomic E-state index is 0.0711. The van der Waals surface area contributed by atoms with E-state index in [1.165, 1.54) is 6.07 Å². The van der Waals surface area contributed by atoms with Crippen LogP contribution in [0.25, 0.3) is 11.6 Å². The van der Waals surface area contributed by atoms with Crippen molar-refractivity contribution >= 4 is 51.9 Å². The number of benzene rings is 3. The predicted octanol–water partition coefficient (Wildman–Crippen LogP) is 7.63. The summed E-state index contributed by atoms with van der Waals surface area (Å²) in [5, 5.41) is 17.9. The smallest absolute Gasteiger partial charge is 0.371 e. The molecule has 11 heteroatoms. The Labute approximate surface area is 257 Å². The van der Waals surface area contributed by atoms with Crippen molar-refractivity contribution in [1.29, 1.82) is 5.26 Å². The molecule has 0 unspecified atom stereocenters. The first kappa shape index (κ1) is 29.6. The topological polar surface area (TPSA) is 113 Å². The molecule has 3 aromatic carbocycles. The summed E-state index contributed by atoms with van der Waals surface area (Å²) in [6.45, 7) is 3.40. The van der Waals surface area contributed by atoms with E-state index in [2.05, 4.69) is 27.9 Å². The van der Waals surface area contributed by atoms with E-state index >= 15 is 0 Å². The lowest BCUT2D eigenvalue weighted by Gasteiger charge is -2.32. The van der Waals surface area contributed by atoms with Crippen molar-refractivity contribution in [2.45, 2.75) is 25.9 Å². The van der Waals surface area contributed by atoms with Crippen molar-refractivity contribution in [3.8, 4) is 6.07 Å². The van der Waals surface area contributed by atoms with Gasteiger partial charge < -0.3 is 25.8 Å². The zero-order valence-electron chi connectivity index (χ0n) is 24.3. The van der Waals surface area contributed by atoms with Gasteiger partial charge in [0.15, 0.2) is 0 Å². The lowest BCUT2D eigenvalue weighted by Crippen LogP contribution is -2.33. The normalized spacial score (nSPS) is 15.8. The molecule has 0 saturated carbocycles. The van der Waals surface area contributed by atoms with Gasteiger partial charge in [-0.2, -0.15) is 18.4 Å². The Morgan fingerprint density at radius 3 is 2.51 bits per heavy atom. The maximum atomic E-state index is 13.8. The number of H-pyrrole nitrogens is 1. The van der Waals surface area contributed by atoms with Crippen molar-refractivity contribution in [2.24, 2.45) is 5.92 Å². The fourth-order valence-electron chi connectivity index (χ4n) is 5.53. The van der Waals surface area contributed by atoms with Crippen molar-refractivity contribution in [1.82, 2.24) is 4.98 Å². The highest BCUT2D eigenvalue weighted by atomic mass is 19.4. The van der Waals surface area contributed by atoms with Crippen LogP contribution in [0.15, 0.2) is 72.9 Å². The molecular weight excluding hydrogens is 581 g/mol. The van der Waals surface area contributed by atoms with Gasteiger partial charge in [-0.1, -0.05) is 19.1 Å². The standard InChI is InChI=1S/C34H29F3N6O2/c1-20-7-9-43(10-8-20)28-13-22(12-23(14-28)34(35,36)37)32(44)41-25-4-2-3-24(15-25)40-26-5-6-29-30(33(45)42-31(29)17-26)16-27-11-21(18-38)19-39-27/h2-6,11-17,19-20,39-40H,7-10H2,1H3,(H,41,44)(H,42,45). The third-order valence-corrected chi connectivity index (χ3v) is 8.00. The number of hydrogen-bond donors (Lipinski definition) is 4. The number of alkyl halides is 3. The van der Waals surface area contributed by atoms with Gasteiger partial charge in [0.25, 0.3) is 11.8 Å². The fourth-order valence-corrected chi connectivity index (χ4v) is 5.53. The number of hydrogen-bond acceptors (Lipinski definition) is 5. The van der Waals surface area contributed by atoms with Crippen molar-refractivity contribution in [3.05, 3.63) is 101 Å². The second-order valence-electron chi connectivity index (χ2n) is 11.3. The molecule has 2 aliphatic heterocycles. The average Bonchev–Trinajstić information content (AvgIpc) is 3.60. The SMILES string of the molecule is CC1CCN(c2cc(C(=O)Nc3cccc(Nc4ccc5c(c4)NC(=O)C5=Cc4cc(C#N)c[nH]4)c3)cc(C(F)(F)F)c2)CC1. The molecule has 3 heterocycles. The van der Waals surface area contributed by atoms with Gasteiger partial charge >= 0.3 is 6.18 Å². The first-order valence-electron chi connectivity index (χ1n) is 14.5. The summed E-state index contributed by atoms with van der Waals surface area (Å²) >= 11 is 0. The second-order valence-corrected chi connectivity index (χ2v) is 11.3. The first-order chi connectivity index (χ1) is 21.6. The van der Waals surface area contributed by atoms with E-state index in [-0.39, 0.29) is 11.5 Å². The lowest BCUT2D eigenvalue weighted by atomic mass is 9.98. The number of nitriles is 1. The van der Waals surface area contributed by atoms with Crippen LogP contribution in [-0.2, 0) is 11.0 Å². The predicted molar refractivity (Wildman–Crippen MR) is 168 cm³/mol. The molecule has 4 aromatic rings. The molecule has 0 aliphatic carbocycles. The van der Waals surface area contributed by atoms with Gasteiger partial charge in [-0.3, -0.25) is 9.59 Å².